The fraction of sp³-hybridized carbons (Fsp3) is 0.588. The third-order valence-corrected chi connectivity index (χ3v) is 4.41. The molecule has 2 unspecified atom stereocenters. The summed E-state index contributed by atoms with van der Waals surface area (Å²) in [5.41, 5.74) is 4.59. The number of nitrogens with two attached hydrogens (primary N) is 1. The fourth-order valence-electron chi connectivity index (χ4n) is 2.37. The molecule has 6 heteroatoms. The number of nitrogens with one attached hydrogen (secondary N) is 1. The van der Waals surface area contributed by atoms with Crippen molar-refractivity contribution in [3.63, 3.8) is 0 Å². The highest BCUT2D eigenvalue weighted by Crippen LogP contribution is 2.36. The van der Waals surface area contributed by atoms with Crippen molar-refractivity contribution in [1.29, 1.82) is 0 Å². The minimum absolute atomic E-state index is 0.0184. The second-order valence-electron chi connectivity index (χ2n) is 6.51. The van der Waals surface area contributed by atoms with Crippen molar-refractivity contribution in [2.45, 2.75) is 51.7 Å². The predicted octanol–water partition coefficient (Wildman–Crippen LogP) is 3.69. The Morgan fingerprint density at radius 1 is 1.22 bits per heavy atom. The van der Waals surface area contributed by atoms with Crippen molar-refractivity contribution >= 4 is 5.91 Å². The Hall–Kier alpha value is -1.56. The lowest BCUT2D eigenvalue weighted by Crippen LogP contribution is -2.55. The van der Waals surface area contributed by atoms with Gasteiger partial charge in [-0.15, -0.1) is 0 Å². The van der Waals surface area contributed by atoms with Gasteiger partial charge in [-0.3, -0.25) is 4.79 Å². The summed E-state index contributed by atoms with van der Waals surface area (Å²) in [6.45, 7) is 7.61. The second-order valence-corrected chi connectivity index (χ2v) is 6.51. The first-order valence-electron chi connectivity index (χ1n) is 7.68. The van der Waals surface area contributed by atoms with Crippen LogP contribution in [0.2, 0.25) is 0 Å². The van der Waals surface area contributed by atoms with E-state index in [-0.39, 0.29) is 30.4 Å². The lowest BCUT2D eigenvalue weighted by Gasteiger charge is -2.34. The number of rotatable bonds is 6. The number of hydrogen-bond acceptors (Lipinski definition) is 2. The minimum atomic E-state index is -4.43. The highest BCUT2D eigenvalue weighted by atomic mass is 19.4. The van der Waals surface area contributed by atoms with E-state index in [0.29, 0.717) is 0 Å². The standard InChI is InChI=1S/C17H25F3N2O/c1-11(2)16(4,10-21)22-15(23)9-12(3)13-7-5-6-8-14(13)17(18,19)20/h5-8,11-12H,9-10,21H2,1-4H3,(H,22,23). The van der Waals surface area contributed by atoms with Gasteiger partial charge in [-0.2, -0.15) is 13.2 Å². The summed E-state index contributed by atoms with van der Waals surface area (Å²) in [7, 11) is 0. The van der Waals surface area contributed by atoms with Gasteiger partial charge in [0.25, 0.3) is 0 Å². The molecule has 0 aliphatic carbocycles. The number of carbonyl (C=O) groups excluding carboxylic acids is 1. The summed E-state index contributed by atoms with van der Waals surface area (Å²) in [4.78, 5) is 12.2. The molecule has 1 aromatic rings. The number of alkyl halides is 3. The Labute approximate surface area is 135 Å². The van der Waals surface area contributed by atoms with Gasteiger partial charge in [-0.1, -0.05) is 39.0 Å². The van der Waals surface area contributed by atoms with Crippen molar-refractivity contribution in [2.24, 2.45) is 11.7 Å². The van der Waals surface area contributed by atoms with E-state index in [0.717, 1.165) is 6.07 Å². The van der Waals surface area contributed by atoms with Gasteiger partial charge in [0.05, 0.1) is 11.1 Å². The summed E-state index contributed by atoms with van der Waals surface area (Å²) < 4.78 is 39.2. The highest BCUT2D eigenvalue weighted by molar-refractivity contribution is 5.77. The average Bonchev–Trinajstić information content (AvgIpc) is 2.45. The van der Waals surface area contributed by atoms with Crippen LogP contribution in [0.4, 0.5) is 13.2 Å². The van der Waals surface area contributed by atoms with Crippen LogP contribution in [-0.4, -0.2) is 18.0 Å². The van der Waals surface area contributed by atoms with Crippen molar-refractivity contribution in [3.8, 4) is 0 Å². The number of amides is 1. The molecule has 0 heterocycles. The zero-order valence-electron chi connectivity index (χ0n) is 14.0. The molecule has 0 spiro atoms. The van der Waals surface area contributed by atoms with E-state index in [4.69, 9.17) is 5.73 Å². The van der Waals surface area contributed by atoms with E-state index in [9.17, 15) is 18.0 Å². The molecule has 1 amide bonds. The Kier molecular flexibility index (Phi) is 6.22. The summed E-state index contributed by atoms with van der Waals surface area (Å²) in [5, 5.41) is 2.86. The first kappa shape index (κ1) is 19.5. The van der Waals surface area contributed by atoms with Crippen LogP contribution in [-0.2, 0) is 11.0 Å². The van der Waals surface area contributed by atoms with Crippen LogP contribution < -0.4 is 11.1 Å². The first-order valence-corrected chi connectivity index (χ1v) is 7.68. The topological polar surface area (TPSA) is 55.1 Å². The molecule has 0 bridgehead atoms. The molecule has 1 aromatic carbocycles. The van der Waals surface area contributed by atoms with Gasteiger partial charge in [-0.05, 0) is 30.4 Å². The smallest absolute Gasteiger partial charge is 0.349 e. The molecule has 130 valence electrons. The van der Waals surface area contributed by atoms with E-state index >= 15 is 0 Å². The summed E-state index contributed by atoms with van der Waals surface area (Å²) >= 11 is 0. The zero-order chi connectivity index (χ0) is 17.8. The van der Waals surface area contributed by atoms with Crippen molar-refractivity contribution in [1.82, 2.24) is 5.32 Å². The highest BCUT2D eigenvalue weighted by Gasteiger charge is 2.35. The SMILES string of the molecule is CC(CC(=O)NC(C)(CN)C(C)C)c1ccccc1C(F)(F)F. The van der Waals surface area contributed by atoms with Crippen LogP contribution in [0.15, 0.2) is 24.3 Å². The lowest BCUT2D eigenvalue weighted by atomic mass is 9.87. The van der Waals surface area contributed by atoms with Gasteiger partial charge in [-0.25, -0.2) is 0 Å². The molecular formula is C17H25F3N2O. The number of carbonyl (C=O) groups is 1. The van der Waals surface area contributed by atoms with Crippen LogP contribution in [0.25, 0.3) is 0 Å². The number of benzene rings is 1. The lowest BCUT2D eigenvalue weighted by molar-refractivity contribution is -0.138. The third kappa shape index (κ3) is 4.96. The minimum Gasteiger partial charge on any atom is -0.349 e. The number of halogens is 3. The molecule has 23 heavy (non-hydrogen) atoms. The molecule has 0 saturated carbocycles. The maximum absolute atomic E-state index is 13.1. The van der Waals surface area contributed by atoms with Gasteiger partial charge < -0.3 is 11.1 Å². The van der Waals surface area contributed by atoms with E-state index in [1.54, 1.807) is 13.0 Å². The molecule has 0 aliphatic rings. The van der Waals surface area contributed by atoms with E-state index in [2.05, 4.69) is 5.32 Å². The van der Waals surface area contributed by atoms with Gasteiger partial charge in [0.2, 0.25) is 5.91 Å². The predicted molar refractivity (Wildman–Crippen MR) is 84.9 cm³/mol. The maximum Gasteiger partial charge on any atom is 0.416 e. The summed E-state index contributed by atoms with van der Waals surface area (Å²) in [6, 6.07) is 5.37. The quantitative estimate of drug-likeness (QED) is 0.836. The van der Waals surface area contributed by atoms with Gasteiger partial charge in [0.15, 0.2) is 0 Å². The molecular weight excluding hydrogens is 305 g/mol. The van der Waals surface area contributed by atoms with Gasteiger partial charge in [0, 0.05) is 13.0 Å². The van der Waals surface area contributed by atoms with Crippen LogP contribution in [0.3, 0.4) is 0 Å². The molecule has 0 radical (unpaired) electrons. The molecule has 1 rings (SSSR count). The molecule has 3 nitrogen and oxygen atoms in total. The van der Waals surface area contributed by atoms with Crippen molar-refractivity contribution < 1.29 is 18.0 Å². The van der Waals surface area contributed by atoms with Crippen LogP contribution in [0.5, 0.6) is 0 Å². The van der Waals surface area contributed by atoms with Gasteiger partial charge in [0.1, 0.15) is 0 Å². The Morgan fingerprint density at radius 3 is 2.26 bits per heavy atom. The zero-order valence-corrected chi connectivity index (χ0v) is 14.0. The molecule has 0 aliphatic heterocycles. The van der Waals surface area contributed by atoms with Crippen molar-refractivity contribution in [2.75, 3.05) is 6.54 Å². The molecule has 3 N–H and O–H groups in total. The van der Waals surface area contributed by atoms with Crippen LogP contribution in [0, 0.1) is 5.92 Å². The van der Waals surface area contributed by atoms with Crippen LogP contribution >= 0.6 is 0 Å². The summed E-state index contributed by atoms with van der Waals surface area (Å²) in [6.07, 6.45) is -4.44. The molecule has 2 atom stereocenters. The Morgan fingerprint density at radius 2 is 1.78 bits per heavy atom. The van der Waals surface area contributed by atoms with Crippen LogP contribution in [0.1, 0.15) is 51.2 Å². The fourth-order valence-corrected chi connectivity index (χ4v) is 2.37. The first-order chi connectivity index (χ1) is 10.5. The average molecular weight is 330 g/mol. The second kappa shape index (κ2) is 7.34. The molecule has 0 aromatic heterocycles. The molecule has 0 fully saturated rings. The Balaban J connectivity index is 2.89. The van der Waals surface area contributed by atoms with E-state index in [1.807, 2.05) is 20.8 Å². The number of hydrogen-bond donors (Lipinski definition) is 2. The van der Waals surface area contributed by atoms with Gasteiger partial charge >= 0.3 is 6.18 Å². The van der Waals surface area contributed by atoms with E-state index in [1.165, 1.54) is 12.1 Å². The van der Waals surface area contributed by atoms with E-state index < -0.39 is 23.2 Å². The third-order valence-electron chi connectivity index (χ3n) is 4.41. The molecule has 0 saturated heterocycles. The monoisotopic (exact) mass is 330 g/mol. The maximum atomic E-state index is 13.1. The van der Waals surface area contributed by atoms with Crippen molar-refractivity contribution in [3.05, 3.63) is 35.4 Å². The largest absolute Gasteiger partial charge is 0.416 e. The Bertz CT molecular complexity index is 543. The normalized spacial score (nSPS) is 16.0. The summed E-state index contributed by atoms with van der Waals surface area (Å²) in [5.74, 6) is -0.715.